The largest absolute Gasteiger partial charge is 0.0831 e. The van der Waals surface area contributed by atoms with E-state index in [4.69, 9.17) is 11.6 Å². The van der Waals surface area contributed by atoms with Crippen molar-refractivity contribution in [3.63, 3.8) is 0 Å². The maximum absolute atomic E-state index is 6.22. The van der Waals surface area contributed by atoms with E-state index in [-0.39, 0.29) is 10.8 Å². The Balaban J connectivity index is 2.70. The Morgan fingerprint density at radius 3 is 1.94 bits per heavy atom. The van der Waals surface area contributed by atoms with Crippen LogP contribution in [0.5, 0.6) is 0 Å². The van der Waals surface area contributed by atoms with Gasteiger partial charge in [-0.2, -0.15) is 0 Å². The summed E-state index contributed by atoms with van der Waals surface area (Å²) >= 11 is 9.75. The van der Waals surface area contributed by atoms with Gasteiger partial charge in [-0.25, -0.2) is 0 Å². The van der Waals surface area contributed by atoms with Crippen LogP contribution in [-0.4, -0.2) is 0 Å². The summed E-state index contributed by atoms with van der Waals surface area (Å²) in [6.45, 7) is 9.26. The van der Waals surface area contributed by atoms with E-state index in [1.165, 1.54) is 24.0 Å². The predicted octanol–water partition coefficient (Wildman–Crippen LogP) is 5.45. The second kappa shape index (κ2) is 3.74. The highest BCUT2D eigenvalue weighted by atomic mass is 79.9. The molecule has 2 rings (SSSR count). The highest BCUT2D eigenvalue weighted by Gasteiger charge is 2.37. The molecule has 0 N–H and O–H groups in total. The zero-order valence-electron chi connectivity index (χ0n) is 10.3. The fraction of sp³-hybridized carbons (Fsp3) is 0.571. The van der Waals surface area contributed by atoms with Crippen LogP contribution in [0, 0.1) is 0 Å². The van der Waals surface area contributed by atoms with Crippen LogP contribution in [0.4, 0.5) is 0 Å². The van der Waals surface area contributed by atoms with Crippen molar-refractivity contribution in [2.75, 3.05) is 0 Å². The molecule has 2 heteroatoms. The molecule has 0 spiro atoms. The third-order valence-corrected chi connectivity index (χ3v) is 5.09. The van der Waals surface area contributed by atoms with Crippen molar-refractivity contribution in [2.45, 2.75) is 51.4 Å². The van der Waals surface area contributed by atoms with E-state index in [2.05, 4.69) is 55.8 Å². The molecule has 0 heterocycles. The van der Waals surface area contributed by atoms with Gasteiger partial charge in [0.15, 0.2) is 0 Å². The molecule has 1 aromatic carbocycles. The molecule has 0 nitrogen and oxygen atoms in total. The Kier molecular flexibility index (Phi) is 2.91. The molecule has 0 radical (unpaired) electrons. The van der Waals surface area contributed by atoms with Crippen LogP contribution in [0.1, 0.15) is 51.7 Å². The van der Waals surface area contributed by atoms with Crippen molar-refractivity contribution < 1.29 is 0 Å². The fourth-order valence-electron chi connectivity index (χ4n) is 2.56. The molecule has 0 saturated heterocycles. The van der Waals surface area contributed by atoms with Gasteiger partial charge in [0.1, 0.15) is 0 Å². The van der Waals surface area contributed by atoms with Crippen molar-refractivity contribution in [1.82, 2.24) is 0 Å². The SMILES string of the molecule is CC1(C)CCC(C)(C)c2cc(Br)c(Cl)cc21. The molecule has 0 atom stereocenters. The zero-order chi connectivity index (χ0) is 12.1. The van der Waals surface area contributed by atoms with Crippen LogP contribution >= 0.6 is 27.5 Å². The van der Waals surface area contributed by atoms with Crippen molar-refractivity contribution in [1.29, 1.82) is 0 Å². The Hall–Kier alpha value is -0.0100. The molecule has 0 bridgehead atoms. The highest BCUT2D eigenvalue weighted by molar-refractivity contribution is 9.10. The van der Waals surface area contributed by atoms with Gasteiger partial charge in [-0.05, 0) is 62.9 Å². The summed E-state index contributed by atoms with van der Waals surface area (Å²) in [4.78, 5) is 0. The minimum absolute atomic E-state index is 0.245. The summed E-state index contributed by atoms with van der Waals surface area (Å²) < 4.78 is 1.01. The van der Waals surface area contributed by atoms with E-state index in [1.807, 2.05) is 0 Å². The van der Waals surface area contributed by atoms with E-state index in [0.29, 0.717) is 0 Å². The molecule has 0 aromatic heterocycles. The third kappa shape index (κ3) is 1.93. The van der Waals surface area contributed by atoms with Gasteiger partial charge in [0, 0.05) is 4.47 Å². The van der Waals surface area contributed by atoms with Gasteiger partial charge in [-0.15, -0.1) is 0 Å². The van der Waals surface area contributed by atoms with Gasteiger partial charge in [0.25, 0.3) is 0 Å². The first-order valence-electron chi connectivity index (χ1n) is 5.74. The molecule has 0 fully saturated rings. The summed E-state index contributed by atoms with van der Waals surface area (Å²) in [6.07, 6.45) is 2.46. The maximum atomic E-state index is 6.22. The summed E-state index contributed by atoms with van der Waals surface area (Å²) in [5, 5.41) is 0.824. The second-order valence-electron chi connectivity index (χ2n) is 6.08. The Labute approximate surface area is 112 Å². The van der Waals surface area contributed by atoms with E-state index >= 15 is 0 Å². The number of rotatable bonds is 0. The van der Waals surface area contributed by atoms with Crippen LogP contribution in [-0.2, 0) is 10.8 Å². The molecule has 0 aliphatic heterocycles. The topological polar surface area (TPSA) is 0 Å². The normalized spacial score (nSPS) is 21.6. The van der Waals surface area contributed by atoms with Crippen molar-refractivity contribution in [2.24, 2.45) is 0 Å². The monoisotopic (exact) mass is 300 g/mol. The van der Waals surface area contributed by atoms with Gasteiger partial charge >= 0.3 is 0 Å². The van der Waals surface area contributed by atoms with Crippen molar-refractivity contribution >= 4 is 27.5 Å². The van der Waals surface area contributed by atoms with E-state index in [0.717, 1.165) is 9.50 Å². The first-order chi connectivity index (χ1) is 7.24. The number of halogens is 2. The Bertz CT molecular complexity index is 392. The van der Waals surface area contributed by atoms with E-state index < -0.39 is 0 Å². The van der Waals surface area contributed by atoms with Crippen LogP contribution in [0.2, 0.25) is 5.02 Å². The molecule has 1 aliphatic carbocycles. The molecule has 88 valence electrons. The van der Waals surface area contributed by atoms with Crippen LogP contribution < -0.4 is 0 Å². The van der Waals surface area contributed by atoms with Crippen molar-refractivity contribution in [3.05, 3.63) is 32.8 Å². The van der Waals surface area contributed by atoms with E-state index in [1.54, 1.807) is 0 Å². The van der Waals surface area contributed by atoms with Crippen molar-refractivity contribution in [3.8, 4) is 0 Å². The van der Waals surface area contributed by atoms with Gasteiger partial charge in [-0.3, -0.25) is 0 Å². The third-order valence-electron chi connectivity index (χ3n) is 3.89. The molecular weight excluding hydrogens is 284 g/mol. The average molecular weight is 302 g/mol. The van der Waals surface area contributed by atoms with E-state index in [9.17, 15) is 0 Å². The molecule has 16 heavy (non-hydrogen) atoms. The smallest absolute Gasteiger partial charge is 0.0551 e. The Morgan fingerprint density at radius 2 is 1.44 bits per heavy atom. The second-order valence-corrected chi connectivity index (χ2v) is 7.34. The van der Waals surface area contributed by atoms with Gasteiger partial charge < -0.3 is 0 Å². The van der Waals surface area contributed by atoms with Gasteiger partial charge in [0.05, 0.1) is 5.02 Å². The molecular formula is C14H18BrCl. The Morgan fingerprint density at radius 1 is 1.00 bits per heavy atom. The van der Waals surface area contributed by atoms with Crippen LogP contribution in [0.25, 0.3) is 0 Å². The van der Waals surface area contributed by atoms with Gasteiger partial charge in [0.2, 0.25) is 0 Å². The summed E-state index contributed by atoms with van der Waals surface area (Å²) in [5.74, 6) is 0. The first-order valence-corrected chi connectivity index (χ1v) is 6.91. The molecule has 1 aromatic rings. The highest BCUT2D eigenvalue weighted by Crippen LogP contribution is 2.47. The quantitative estimate of drug-likeness (QED) is 0.597. The first kappa shape index (κ1) is 12.4. The number of fused-ring (bicyclic) bond motifs is 1. The molecule has 0 saturated carbocycles. The number of hydrogen-bond acceptors (Lipinski definition) is 0. The number of benzene rings is 1. The standard InChI is InChI=1S/C14H18BrCl/c1-13(2)5-6-14(3,4)10-8-12(16)11(15)7-9(10)13/h7-8H,5-6H2,1-4H3. The number of hydrogen-bond donors (Lipinski definition) is 0. The minimum atomic E-state index is 0.245. The lowest BCUT2D eigenvalue weighted by atomic mass is 9.63. The molecule has 0 amide bonds. The van der Waals surface area contributed by atoms with Crippen LogP contribution in [0.15, 0.2) is 16.6 Å². The summed E-state index contributed by atoms with van der Waals surface area (Å²) in [7, 11) is 0. The summed E-state index contributed by atoms with van der Waals surface area (Å²) in [5.41, 5.74) is 3.37. The lowest BCUT2D eigenvalue weighted by molar-refractivity contribution is 0.331. The predicted molar refractivity (Wildman–Crippen MR) is 74.4 cm³/mol. The molecule has 1 aliphatic rings. The zero-order valence-corrected chi connectivity index (χ0v) is 12.7. The molecule has 0 unspecified atom stereocenters. The average Bonchev–Trinajstić information content (AvgIpc) is 2.17. The summed E-state index contributed by atoms with van der Waals surface area (Å²) in [6, 6.07) is 4.35. The lowest BCUT2D eigenvalue weighted by Gasteiger charge is -2.42. The van der Waals surface area contributed by atoms with Gasteiger partial charge in [-0.1, -0.05) is 39.3 Å². The minimum Gasteiger partial charge on any atom is -0.0831 e. The lowest BCUT2D eigenvalue weighted by Crippen LogP contribution is -2.33. The fourth-order valence-corrected chi connectivity index (χ4v) is 3.07. The van der Waals surface area contributed by atoms with Crippen LogP contribution in [0.3, 0.4) is 0 Å². The maximum Gasteiger partial charge on any atom is 0.0551 e.